The normalized spacial score (nSPS) is 10.8. The number of rotatable bonds is 1. The molecule has 3 heteroatoms. The van der Waals surface area contributed by atoms with Crippen molar-refractivity contribution in [2.45, 2.75) is 0 Å². The molecule has 1 aromatic carbocycles. The number of hydrogen-bond acceptors (Lipinski definition) is 2. The number of pyridine rings is 1. The van der Waals surface area contributed by atoms with Crippen molar-refractivity contribution in [3.05, 3.63) is 53.1 Å². The van der Waals surface area contributed by atoms with Gasteiger partial charge in [-0.1, -0.05) is 0 Å². The van der Waals surface area contributed by atoms with Crippen LogP contribution in [0.3, 0.4) is 0 Å². The van der Waals surface area contributed by atoms with Crippen LogP contribution < -0.4 is 0 Å². The van der Waals surface area contributed by atoms with E-state index in [1.165, 1.54) is 12.1 Å². The number of fused-ring (bicyclic) bond motifs is 1. The van der Waals surface area contributed by atoms with Crippen LogP contribution in [0.1, 0.15) is 0 Å². The maximum absolute atomic E-state index is 13.1. The Morgan fingerprint density at radius 1 is 1.06 bits per heavy atom. The SMILES string of the molecule is Fc1ccc2cnc(-c3ccsc3)cc2c1. The van der Waals surface area contributed by atoms with E-state index in [-0.39, 0.29) is 5.82 Å². The van der Waals surface area contributed by atoms with E-state index in [9.17, 15) is 4.39 Å². The third kappa shape index (κ3) is 1.59. The Kier molecular flexibility index (Phi) is 2.18. The zero-order chi connectivity index (χ0) is 11.0. The predicted molar refractivity (Wildman–Crippen MR) is 65.0 cm³/mol. The Hall–Kier alpha value is -1.74. The molecule has 0 saturated carbocycles. The monoisotopic (exact) mass is 229 g/mol. The molecule has 0 aliphatic heterocycles. The van der Waals surface area contributed by atoms with E-state index in [1.54, 1.807) is 23.6 Å². The van der Waals surface area contributed by atoms with Crippen molar-refractivity contribution in [1.82, 2.24) is 4.98 Å². The molecular weight excluding hydrogens is 221 g/mol. The van der Waals surface area contributed by atoms with Crippen LogP contribution in [-0.2, 0) is 0 Å². The molecule has 2 heterocycles. The highest BCUT2D eigenvalue weighted by atomic mass is 32.1. The molecule has 0 amide bonds. The topological polar surface area (TPSA) is 12.9 Å². The highest BCUT2D eigenvalue weighted by Crippen LogP contribution is 2.24. The average molecular weight is 229 g/mol. The van der Waals surface area contributed by atoms with Crippen LogP contribution in [0.4, 0.5) is 4.39 Å². The van der Waals surface area contributed by atoms with Gasteiger partial charge in [-0.25, -0.2) is 4.39 Å². The van der Waals surface area contributed by atoms with E-state index in [4.69, 9.17) is 0 Å². The van der Waals surface area contributed by atoms with Crippen LogP contribution in [0.25, 0.3) is 22.0 Å². The molecule has 0 N–H and O–H groups in total. The summed E-state index contributed by atoms with van der Waals surface area (Å²) in [5.74, 6) is -0.213. The standard InChI is InChI=1S/C13H8FNS/c14-12-2-1-9-7-15-13(6-11(9)5-12)10-3-4-16-8-10/h1-8H. The highest BCUT2D eigenvalue weighted by Gasteiger charge is 2.02. The maximum atomic E-state index is 13.1. The lowest BCUT2D eigenvalue weighted by molar-refractivity contribution is 0.629. The Morgan fingerprint density at radius 3 is 2.81 bits per heavy atom. The fraction of sp³-hybridized carbons (Fsp3) is 0. The second-order valence-electron chi connectivity index (χ2n) is 3.57. The Labute approximate surface area is 96.2 Å². The van der Waals surface area contributed by atoms with Crippen molar-refractivity contribution in [2.75, 3.05) is 0 Å². The number of halogens is 1. The van der Waals surface area contributed by atoms with Gasteiger partial charge in [-0.05, 0) is 41.1 Å². The summed E-state index contributed by atoms with van der Waals surface area (Å²) in [6, 6.07) is 8.66. The van der Waals surface area contributed by atoms with Gasteiger partial charge in [0.25, 0.3) is 0 Å². The van der Waals surface area contributed by atoms with Gasteiger partial charge in [0.2, 0.25) is 0 Å². The van der Waals surface area contributed by atoms with Crippen molar-refractivity contribution < 1.29 is 4.39 Å². The van der Waals surface area contributed by atoms with Crippen LogP contribution in [-0.4, -0.2) is 4.98 Å². The van der Waals surface area contributed by atoms with Crippen LogP contribution >= 0.6 is 11.3 Å². The van der Waals surface area contributed by atoms with E-state index < -0.39 is 0 Å². The van der Waals surface area contributed by atoms with Crippen LogP contribution in [0, 0.1) is 5.82 Å². The summed E-state index contributed by atoms with van der Waals surface area (Å²) >= 11 is 1.63. The summed E-state index contributed by atoms with van der Waals surface area (Å²) in [5, 5.41) is 5.89. The van der Waals surface area contributed by atoms with Gasteiger partial charge >= 0.3 is 0 Å². The van der Waals surface area contributed by atoms with Gasteiger partial charge < -0.3 is 0 Å². The molecule has 0 bridgehead atoms. The van der Waals surface area contributed by atoms with Gasteiger partial charge in [0.1, 0.15) is 5.82 Å². The van der Waals surface area contributed by atoms with Gasteiger partial charge in [0.05, 0.1) is 5.69 Å². The quantitative estimate of drug-likeness (QED) is 0.612. The van der Waals surface area contributed by atoms with E-state index in [2.05, 4.69) is 4.98 Å². The van der Waals surface area contributed by atoms with Gasteiger partial charge in [0.15, 0.2) is 0 Å². The molecule has 0 radical (unpaired) electrons. The minimum absolute atomic E-state index is 0.213. The maximum Gasteiger partial charge on any atom is 0.123 e. The lowest BCUT2D eigenvalue weighted by Gasteiger charge is -2.01. The summed E-state index contributed by atoms with van der Waals surface area (Å²) in [6.45, 7) is 0. The molecule has 0 saturated heterocycles. The summed E-state index contributed by atoms with van der Waals surface area (Å²) in [4.78, 5) is 4.36. The molecule has 0 aliphatic carbocycles. The van der Waals surface area contributed by atoms with E-state index >= 15 is 0 Å². The molecule has 0 atom stereocenters. The first-order chi connectivity index (χ1) is 7.83. The fourth-order valence-electron chi connectivity index (χ4n) is 1.68. The van der Waals surface area contributed by atoms with Crippen molar-refractivity contribution in [3.63, 3.8) is 0 Å². The smallest absolute Gasteiger partial charge is 0.123 e. The van der Waals surface area contributed by atoms with E-state index in [1.807, 2.05) is 22.9 Å². The summed E-state index contributed by atoms with van der Waals surface area (Å²) in [6.07, 6.45) is 1.78. The number of benzene rings is 1. The average Bonchev–Trinajstić information content (AvgIpc) is 2.81. The largest absolute Gasteiger partial charge is 0.256 e. The Morgan fingerprint density at radius 2 is 2.00 bits per heavy atom. The summed E-state index contributed by atoms with van der Waals surface area (Å²) < 4.78 is 13.1. The molecule has 0 spiro atoms. The summed E-state index contributed by atoms with van der Waals surface area (Å²) in [7, 11) is 0. The van der Waals surface area contributed by atoms with Crippen molar-refractivity contribution >= 4 is 22.1 Å². The highest BCUT2D eigenvalue weighted by molar-refractivity contribution is 7.08. The Balaban J connectivity index is 2.22. The number of aromatic nitrogens is 1. The van der Waals surface area contributed by atoms with Crippen molar-refractivity contribution in [3.8, 4) is 11.3 Å². The Bertz CT molecular complexity index is 631. The molecule has 78 valence electrons. The number of hydrogen-bond donors (Lipinski definition) is 0. The molecule has 16 heavy (non-hydrogen) atoms. The molecule has 0 fully saturated rings. The second-order valence-corrected chi connectivity index (χ2v) is 4.35. The van der Waals surface area contributed by atoms with Gasteiger partial charge in [-0.3, -0.25) is 4.98 Å². The van der Waals surface area contributed by atoms with Crippen molar-refractivity contribution in [1.29, 1.82) is 0 Å². The first kappa shape index (κ1) is 9.48. The van der Waals surface area contributed by atoms with Gasteiger partial charge in [0, 0.05) is 22.5 Å². The minimum atomic E-state index is -0.213. The van der Waals surface area contributed by atoms with Crippen LogP contribution in [0.15, 0.2) is 47.3 Å². The molecule has 3 aromatic rings. The minimum Gasteiger partial charge on any atom is -0.256 e. The summed E-state index contributed by atoms with van der Waals surface area (Å²) in [5.41, 5.74) is 1.97. The lowest BCUT2D eigenvalue weighted by Crippen LogP contribution is -1.83. The zero-order valence-electron chi connectivity index (χ0n) is 8.35. The van der Waals surface area contributed by atoms with E-state index in [0.29, 0.717) is 0 Å². The predicted octanol–water partition coefficient (Wildman–Crippen LogP) is 4.10. The third-order valence-electron chi connectivity index (χ3n) is 2.50. The first-order valence-corrected chi connectivity index (χ1v) is 5.85. The van der Waals surface area contributed by atoms with Gasteiger partial charge in [-0.2, -0.15) is 11.3 Å². The molecule has 0 unspecified atom stereocenters. The first-order valence-electron chi connectivity index (χ1n) is 4.91. The zero-order valence-corrected chi connectivity index (χ0v) is 9.17. The molecular formula is C13H8FNS. The van der Waals surface area contributed by atoms with E-state index in [0.717, 1.165) is 22.0 Å². The number of nitrogens with zero attached hydrogens (tertiary/aromatic N) is 1. The molecule has 1 nitrogen and oxygen atoms in total. The third-order valence-corrected chi connectivity index (χ3v) is 3.18. The second kappa shape index (κ2) is 3.68. The lowest BCUT2D eigenvalue weighted by atomic mass is 10.1. The molecule has 3 rings (SSSR count). The fourth-order valence-corrected chi connectivity index (χ4v) is 2.33. The van der Waals surface area contributed by atoms with Crippen LogP contribution in [0.5, 0.6) is 0 Å². The molecule has 2 aromatic heterocycles. The molecule has 0 aliphatic rings. The number of thiophene rings is 1. The van der Waals surface area contributed by atoms with Crippen molar-refractivity contribution in [2.24, 2.45) is 0 Å². The van der Waals surface area contributed by atoms with Gasteiger partial charge in [-0.15, -0.1) is 0 Å². The van der Waals surface area contributed by atoms with Crippen LogP contribution in [0.2, 0.25) is 0 Å².